The molecule has 138 valence electrons. The van der Waals surface area contributed by atoms with Gasteiger partial charge in [0.05, 0.1) is 40.3 Å². The smallest absolute Gasteiger partial charge is 0.225 e. The van der Waals surface area contributed by atoms with E-state index in [0.717, 1.165) is 58.3 Å². The monoisotopic (exact) mass is 364 g/mol. The lowest BCUT2D eigenvalue weighted by atomic mass is 10.00. The van der Waals surface area contributed by atoms with Gasteiger partial charge in [-0.05, 0) is 43.9 Å². The first kappa shape index (κ1) is 16.2. The van der Waals surface area contributed by atoms with Crippen LogP contribution >= 0.6 is 0 Å². The largest absolute Gasteiger partial charge is 0.341 e. The Morgan fingerprint density at radius 1 is 1.15 bits per heavy atom. The summed E-state index contributed by atoms with van der Waals surface area (Å²) in [7, 11) is 0. The van der Waals surface area contributed by atoms with Crippen molar-refractivity contribution >= 4 is 27.9 Å². The quantitative estimate of drug-likeness (QED) is 0.584. The number of nitrogens with zero attached hydrogens (tertiary/aromatic N) is 5. The number of hydrogen-bond acceptors (Lipinski definition) is 4. The molecule has 1 aliphatic rings. The molecule has 0 aliphatic carbocycles. The lowest BCUT2D eigenvalue weighted by molar-refractivity contribution is 0.434. The second-order valence-electron chi connectivity index (χ2n) is 7.44. The summed E-state index contributed by atoms with van der Waals surface area (Å²) in [4.78, 5) is 11.7. The predicted octanol–water partition coefficient (Wildman–Crippen LogP) is 3.98. The van der Waals surface area contributed by atoms with Crippen LogP contribution in [0.1, 0.15) is 25.5 Å². The van der Waals surface area contributed by atoms with Crippen molar-refractivity contribution in [2.45, 2.75) is 26.7 Å². The Balaban J connectivity index is 1.63. The Bertz CT molecular complexity index is 1140. The van der Waals surface area contributed by atoms with Crippen molar-refractivity contribution in [3.8, 4) is 5.69 Å². The van der Waals surface area contributed by atoms with E-state index in [-0.39, 0.29) is 5.82 Å². The maximum absolute atomic E-state index is 13.8. The fourth-order valence-electron chi connectivity index (χ4n) is 3.97. The van der Waals surface area contributed by atoms with Crippen LogP contribution in [0.25, 0.3) is 27.6 Å². The summed E-state index contributed by atoms with van der Waals surface area (Å²) in [6.07, 6.45) is 5.97. The van der Waals surface area contributed by atoms with Crippen LogP contribution in [0.15, 0.2) is 30.6 Å². The number of H-pyrrole nitrogens is 1. The van der Waals surface area contributed by atoms with Crippen molar-refractivity contribution in [1.29, 1.82) is 0 Å². The highest BCUT2D eigenvalue weighted by Crippen LogP contribution is 2.32. The molecule has 6 nitrogen and oxygen atoms in total. The number of hydrogen-bond donors (Lipinski definition) is 1. The first-order chi connectivity index (χ1) is 13.1. The first-order valence-corrected chi connectivity index (χ1v) is 9.34. The summed E-state index contributed by atoms with van der Waals surface area (Å²) in [5, 5.41) is 7.92. The van der Waals surface area contributed by atoms with Crippen molar-refractivity contribution in [2.24, 2.45) is 5.92 Å². The standard InChI is InChI=1S/C20H21FN6/c1-12-5-7-26(8-6-12)20-22-10-17(13(2)24-20)27-16-4-3-14(21)9-15(16)19-18(27)11-23-25-19/h3-4,9-12H,5-8H2,1-2H3,(H,23,25). The molecule has 0 saturated carbocycles. The van der Waals surface area contributed by atoms with Crippen LogP contribution in [-0.2, 0) is 0 Å². The molecule has 0 bridgehead atoms. The minimum Gasteiger partial charge on any atom is -0.341 e. The van der Waals surface area contributed by atoms with Gasteiger partial charge < -0.3 is 9.47 Å². The molecule has 0 unspecified atom stereocenters. The summed E-state index contributed by atoms with van der Waals surface area (Å²) in [6, 6.07) is 4.80. The fourth-order valence-corrected chi connectivity index (χ4v) is 3.97. The predicted molar refractivity (Wildman–Crippen MR) is 104 cm³/mol. The van der Waals surface area contributed by atoms with Crippen LogP contribution < -0.4 is 4.90 Å². The molecule has 7 heteroatoms. The van der Waals surface area contributed by atoms with Gasteiger partial charge in [-0.3, -0.25) is 5.10 Å². The van der Waals surface area contributed by atoms with Gasteiger partial charge in [0.2, 0.25) is 5.95 Å². The van der Waals surface area contributed by atoms with Gasteiger partial charge in [-0.25, -0.2) is 14.4 Å². The maximum Gasteiger partial charge on any atom is 0.225 e. The molecular formula is C20H21FN6. The lowest BCUT2D eigenvalue weighted by Gasteiger charge is -2.30. The van der Waals surface area contributed by atoms with Gasteiger partial charge in [0.15, 0.2) is 0 Å². The third kappa shape index (κ3) is 2.57. The molecule has 4 heterocycles. The van der Waals surface area contributed by atoms with E-state index in [1.54, 1.807) is 12.3 Å². The summed E-state index contributed by atoms with van der Waals surface area (Å²) >= 11 is 0. The normalized spacial score (nSPS) is 15.9. The Labute approximate surface area is 156 Å². The Kier molecular flexibility index (Phi) is 3.63. The summed E-state index contributed by atoms with van der Waals surface area (Å²) in [6.45, 7) is 6.28. The number of fused-ring (bicyclic) bond motifs is 3. The topological polar surface area (TPSA) is 62.6 Å². The van der Waals surface area contributed by atoms with Gasteiger partial charge in [0.25, 0.3) is 0 Å². The van der Waals surface area contributed by atoms with Crippen molar-refractivity contribution < 1.29 is 4.39 Å². The van der Waals surface area contributed by atoms with Gasteiger partial charge in [0, 0.05) is 18.5 Å². The second-order valence-corrected chi connectivity index (χ2v) is 7.44. The zero-order valence-electron chi connectivity index (χ0n) is 15.4. The van der Waals surface area contributed by atoms with Crippen LogP contribution in [0.2, 0.25) is 0 Å². The highest BCUT2D eigenvalue weighted by atomic mass is 19.1. The average Bonchev–Trinajstić information content (AvgIpc) is 3.24. The number of aryl methyl sites for hydroxylation is 1. The maximum atomic E-state index is 13.8. The van der Waals surface area contributed by atoms with E-state index in [0.29, 0.717) is 0 Å². The highest BCUT2D eigenvalue weighted by molar-refractivity contribution is 6.06. The molecule has 1 aliphatic heterocycles. The Morgan fingerprint density at radius 2 is 1.96 bits per heavy atom. The van der Waals surface area contributed by atoms with Crippen LogP contribution in [0.4, 0.5) is 10.3 Å². The minimum atomic E-state index is -0.265. The number of benzene rings is 1. The van der Waals surface area contributed by atoms with Gasteiger partial charge in [-0.15, -0.1) is 0 Å². The van der Waals surface area contributed by atoms with Crippen LogP contribution in [-0.4, -0.2) is 37.8 Å². The molecule has 1 saturated heterocycles. The molecule has 0 radical (unpaired) electrons. The number of piperidine rings is 1. The van der Waals surface area contributed by atoms with Gasteiger partial charge in [-0.2, -0.15) is 5.10 Å². The van der Waals surface area contributed by atoms with Crippen LogP contribution in [0.3, 0.4) is 0 Å². The molecule has 1 fully saturated rings. The number of rotatable bonds is 2. The number of aromatic amines is 1. The highest BCUT2D eigenvalue weighted by Gasteiger charge is 2.20. The molecular weight excluding hydrogens is 343 g/mol. The number of anilines is 1. The summed E-state index contributed by atoms with van der Waals surface area (Å²) in [5.74, 6) is 1.29. The summed E-state index contributed by atoms with van der Waals surface area (Å²) < 4.78 is 15.8. The first-order valence-electron chi connectivity index (χ1n) is 9.34. The molecule has 1 aromatic carbocycles. The third-order valence-corrected chi connectivity index (χ3v) is 5.58. The number of nitrogens with one attached hydrogen (secondary N) is 1. The van der Waals surface area contributed by atoms with E-state index in [1.165, 1.54) is 25.0 Å². The molecule has 0 atom stereocenters. The molecule has 27 heavy (non-hydrogen) atoms. The van der Waals surface area contributed by atoms with Crippen molar-refractivity contribution in [1.82, 2.24) is 24.7 Å². The lowest BCUT2D eigenvalue weighted by Crippen LogP contribution is -2.34. The fraction of sp³-hybridized carbons (Fsp3) is 0.350. The molecule has 0 amide bonds. The Morgan fingerprint density at radius 3 is 2.74 bits per heavy atom. The van der Waals surface area contributed by atoms with Crippen molar-refractivity contribution in [3.05, 3.63) is 42.1 Å². The van der Waals surface area contributed by atoms with Gasteiger partial charge >= 0.3 is 0 Å². The van der Waals surface area contributed by atoms with Crippen LogP contribution in [0.5, 0.6) is 0 Å². The van der Waals surface area contributed by atoms with E-state index in [4.69, 9.17) is 4.98 Å². The molecule has 1 N–H and O–H groups in total. The summed E-state index contributed by atoms with van der Waals surface area (Å²) in [5.41, 5.74) is 4.39. The van der Waals surface area contributed by atoms with E-state index in [9.17, 15) is 4.39 Å². The minimum absolute atomic E-state index is 0.265. The molecule has 3 aromatic heterocycles. The molecule has 5 rings (SSSR count). The van der Waals surface area contributed by atoms with E-state index >= 15 is 0 Å². The zero-order valence-corrected chi connectivity index (χ0v) is 15.4. The molecule has 0 spiro atoms. The van der Waals surface area contributed by atoms with Gasteiger partial charge in [-0.1, -0.05) is 6.92 Å². The van der Waals surface area contributed by atoms with E-state index in [2.05, 4.69) is 27.0 Å². The number of halogens is 1. The Hall–Kier alpha value is -2.96. The number of aromatic nitrogens is 5. The zero-order chi connectivity index (χ0) is 18.5. The third-order valence-electron chi connectivity index (χ3n) is 5.58. The van der Waals surface area contributed by atoms with Gasteiger partial charge in [0.1, 0.15) is 5.82 Å². The van der Waals surface area contributed by atoms with E-state index in [1.807, 2.05) is 17.7 Å². The van der Waals surface area contributed by atoms with Crippen molar-refractivity contribution in [3.63, 3.8) is 0 Å². The SMILES string of the molecule is Cc1nc(N2CCC(C)CC2)ncc1-n1c2ccc(F)cc2c2[nH]ncc21. The van der Waals surface area contributed by atoms with E-state index < -0.39 is 0 Å². The van der Waals surface area contributed by atoms with Crippen molar-refractivity contribution in [2.75, 3.05) is 18.0 Å². The average molecular weight is 364 g/mol. The molecule has 4 aromatic rings. The second kappa shape index (κ2) is 6.04. The van der Waals surface area contributed by atoms with Crippen LogP contribution in [0, 0.1) is 18.7 Å².